The van der Waals surface area contributed by atoms with E-state index in [1.165, 1.54) is 12.1 Å². The van der Waals surface area contributed by atoms with Crippen LogP contribution in [0.4, 0.5) is 0 Å². The van der Waals surface area contributed by atoms with E-state index < -0.39 is 5.97 Å². The first-order valence-electron chi connectivity index (χ1n) is 5.23. The largest absolute Gasteiger partial charge is 0.478 e. The van der Waals surface area contributed by atoms with Crippen molar-refractivity contribution in [2.75, 3.05) is 0 Å². The molecule has 1 N–H and O–H groups in total. The van der Waals surface area contributed by atoms with Gasteiger partial charge in [-0.3, -0.25) is 0 Å². The van der Waals surface area contributed by atoms with Crippen molar-refractivity contribution in [3.63, 3.8) is 0 Å². The van der Waals surface area contributed by atoms with Crippen molar-refractivity contribution in [3.8, 4) is 0 Å². The summed E-state index contributed by atoms with van der Waals surface area (Å²) in [5.74, 6) is -0.563. The molecule has 19 heavy (non-hydrogen) atoms. The Kier molecular flexibility index (Phi) is 2.71. The topological polar surface area (TPSA) is 102 Å². The minimum atomic E-state index is -1.01. The minimum Gasteiger partial charge on any atom is -0.478 e. The summed E-state index contributed by atoms with van der Waals surface area (Å²) in [5, 5.41) is 17.0. The van der Waals surface area contributed by atoms with Gasteiger partial charge in [0.25, 0.3) is 10.4 Å². The van der Waals surface area contributed by atoms with Gasteiger partial charge < -0.3 is 13.9 Å². The normalized spacial score (nSPS) is 11.0. The highest BCUT2D eigenvalue weighted by Gasteiger charge is 2.13. The third kappa shape index (κ3) is 2.29. The average molecular weight is 277 g/mol. The number of carboxylic acid groups (broad SMARTS) is 1. The molecule has 7 nitrogen and oxygen atoms in total. The molecule has 1 aromatic carbocycles. The highest BCUT2D eigenvalue weighted by atomic mass is 32.2. The van der Waals surface area contributed by atoms with Crippen LogP contribution in [0.25, 0.3) is 11.1 Å². The number of hydrogen-bond acceptors (Lipinski definition) is 7. The third-order valence-corrected chi connectivity index (χ3v) is 2.99. The Labute approximate surface area is 110 Å². The molecule has 96 valence electrons. The van der Waals surface area contributed by atoms with Gasteiger partial charge >= 0.3 is 5.97 Å². The van der Waals surface area contributed by atoms with Crippen LogP contribution in [0.15, 0.2) is 37.5 Å². The van der Waals surface area contributed by atoms with Crippen molar-refractivity contribution in [1.82, 2.24) is 15.2 Å². The lowest BCUT2D eigenvalue weighted by Crippen LogP contribution is -1.94. The van der Waals surface area contributed by atoms with Crippen LogP contribution in [-0.2, 0) is 0 Å². The Morgan fingerprint density at radius 1 is 1.26 bits per heavy atom. The van der Waals surface area contributed by atoms with Gasteiger partial charge in [-0.1, -0.05) is 0 Å². The van der Waals surface area contributed by atoms with Gasteiger partial charge in [0.2, 0.25) is 5.89 Å². The summed E-state index contributed by atoms with van der Waals surface area (Å²) in [6.07, 6.45) is 0. The maximum Gasteiger partial charge on any atom is 0.335 e. The molecule has 0 amide bonds. The molecule has 0 aliphatic heterocycles. The number of aromatic nitrogens is 3. The number of benzene rings is 1. The van der Waals surface area contributed by atoms with Crippen LogP contribution in [0, 0.1) is 6.92 Å². The molecule has 0 fully saturated rings. The van der Waals surface area contributed by atoms with Crippen LogP contribution in [0.3, 0.4) is 0 Å². The summed E-state index contributed by atoms with van der Waals surface area (Å²) in [5.41, 5.74) is 1.12. The molecule has 0 saturated heterocycles. The maximum absolute atomic E-state index is 10.8. The molecular weight excluding hydrogens is 270 g/mol. The zero-order valence-electron chi connectivity index (χ0n) is 9.65. The van der Waals surface area contributed by atoms with Gasteiger partial charge in [0.05, 0.1) is 5.56 Å². The molecule has 0 bridgehead atoms. The molecule has 8 heteroatoms. The monoisotopic (exact) mass is 277 g/mol. The number of aromatic carboxylic acids is 1. The number of carboxylic acids is 1. The van der Waals surface area contributed by atoms with E-state index in [2.05, 4.69) is 15.2 Å². The number of carbonyl (C=O) groups is 1. The second kappa shape index (κ2) is 4.39. The predicted molar refractivity (Wildman–Crippen MR) is 64.1 cm³/mol. The molecule has 0 aliphatic rings. The quantitative estimate of drug-likeness (QED) is 0.778. The van der Waals surface area contributed by atoms with Crippen LogP contribution in [0.2, 0.25) is 0 Å². The first-order valence-corrected chi connectivity index (χ1v) is 6.05. The lowest BCUT2D eigenvalue weighted by atomic mass is 10.2. The highest BCUT2D eigenvalue weighted by molar-refractivity contribution is 7.98. The third-order valence-electron chi connectivity index (χ3n) is 2.30. The fourth-order valence-corrected chi connectivity index (χ4v) is 2.14. The smallest absolute Gasteiger partial charge is 0.335 e. The molecule has 2 heterocycles. The summed E-state index contributed by atoms with van der Waals surface area (Å²) in [6, 6.07) is 4.48. The average Bonchev–Trinajstić information content (AvgIpc) is 2.94. The van der Waals surface area contributed by atoms with Crippen LogP contribution >= 0.6 is 11.8 Å². The Balaban J connectivity index is 1.95. The summed E-state index contributed by atoms with van der Waals surface area (Å²) in [4.78, 5) is 15.0. The number of nitrogens with zero attached hydrogens (tertiary/aromatic N) is 3. The van der Waals surface area contributed by atoms with E-state index in [0.29, 0.717) is 27.4 Å². The zero-order chi connectivity index (χ0) is 13.4. The molecule has 2 aromatic heterocycles. The standard InChI is InChI=1S/C11H7N3O4S/c1-5-13-14-11(17-5)19-10-12-7-3-2-6(9(15)16)4-8(7)18-10/h2-4H,1H3,(H,15,16). The first kappa shape index (κ1) is 11.7. The fraction of sp³-hybridized carbons (Fsp3) is 0.0909. The van der Waals surface area contributed by atoms with Gasteiger partial charge in [-0.15, -0.1) is 10.2 Å². The minimum absolute atomic E-state index is 0.147. The van der Waals surface area contributed by atoms with E-state index in [0.717, 1.165) is 11.8 Å². The summed E-state index contributed by atoms with van der Waals surface area (Å²) in [6.45, 7) is 1.68. The molecular formula is C11H7N3O4S. The maximum atomic E-state index is 10.8. The number of fused-ring (bicyclic) bond motifs is 1. The Bertz CT molecular complexity index is 764. The van der Waals surface area contributed by atoms with Crippen molar-refractivity contribution in [2.45, 2.75) is 17.4 Å². The van der Waals surface area contributed by atoms with Crippen LogP contribution in [0.5, 0.6) is 0 Å². The SMILES string of the molecule is Cc1nnc(Sc2nc3ccc(C(=O)O)cc3o2)o1. The van der Waals surface area contributed by atoms with E-state index in [1.54, 1.807) is 13.0 Å². The van der Waals surface area contributed by atoms with Crippen molar-refractivity contribution in [1.29, 1.82) is 0 Å². The van der Waals surface area contributed by atoms with Gasteiger partial charge in [-0.25, -0.2) is 9.78 Å². The molecule has 3 aromatic rings. The lowest BCUT2D eigenvalue weighted by molar-refractivity contribution is 0.0697. The van der Waals surface area contributed by atoms with Gasteiger partial charge in [-0.05, 0) is 18.2 Å². The highest BCUT2D eigenvalue weighted by Crippen LogP contribution is 2.29. The molecule has 0 spiro atoms. The van der Waals surface area contributed by atoms with Crippen LogP contribution in [-0.4, -0.2) is 26.3 Å². The molecule has 0 saturated carbocycles. The Hall–Kier alpha value is -2.35. The molecule has 0 atom stereocenters. The molecule has 0 unspecified atom stereocenters. The van der Waals surface area contributed by atoms with E-state index in [4.69, 9.17) is 13.9 Å². The molecule has 3 rings (SSSR count). The molecule has 0 aliphatic carbocycles. The second-order valence-corrected chi connectivity index (χ2v) is 4.56. The van der Waals surface area contributed by atoms with Crippen LogP contribution in [0.1, 0.15) is 16.2 Å². The summed E-state index contributed by atoms with van der Waals surface area (Å²) >= 11 is 1.08. The lowest BCUT2D eigenvalue weighted by Gasteiger charge is -1.91. The zero-order valence-corrected chi connectivity index (χ0v) is 10.5. The fourth-order valence-electron chi connectivity index (χ4n) is 1.47. The van der Waals surface area contributed by atoms with E-state index in [-0.39, 0.29) is 5.56 Å². The summed E-state index contributed by atoms with van der Waals surface area (Å²) in [7, 11) is 0. The van der Waals surface area contributed by atoms with Gasteiger partial charge in [-0.2, -0.15) is 0 Å². The van der Waals surface area contributed by atoms with E-state index in [9.17, 15) is 4.79 Å². The van der Waals surface area contributed by atoms with Crippen LogP contribution < -0.4 is 0 Å². The van der Waals surface area contributed by atoms with Gasteiger partial charge in [0, 0.05) is 18.7 Å². The molecule has 0 radical (unpaired) electrons. The Morgan fingerprint density at radius 3 is 2.79 bits per heavy atom. The number of aryl methyl sites for hydroxylation is 1. The van der Waals surface area contributed by atoms with Crippen molar-refractivity contribution in [3.05, 3.63) is 29.7 Å². The number of rotatable bonds is 3. The second-order valence-electron chi connectivity index (χ2n) is 3.66. The Morgan fingerprint density at radius 2 is 2.11 bits per heavy atom. The van der Waals surface area contributed by atoms with Crippen molar-refractivity contribution >= 4 is 28.8 Å². The van der Waals surface area contributed by atoms with Gasteiger partial charge in [0.1, 0.15) is 5.52 Å². The van der Waals surface area contributed by atoms with Gasteiger partial charge in [0.15, 0.2) is 5.58 Å². The van der Waals surface area contributed by atoms with Crippen molar-refractivity contribution < 1.29 is 18.7 Å². The van der Waals surface area contributed by atoms with Crippen molar-refractivity contribution in [2.24, 2.45) is 0 Å². The first-order chi connectivity index (χ1) is 9.11. The van der Waals surface area contributed by atoms with E-state index >= 15 is 0 Å². The summed E-state index contributed by atoms with van der Waals surface area (Å²) < 4.78 is 10.6. The predicted octanol–water partition coefficient (Wildman–Crippen LogP) is 2.37. The number of oxazole rings is 1. The van der Waals surface area contributed by atoms with E-state index in [1.807, 2.05) is 0 Å². The number of hydrogen-bond donors (Lipinski definition) is 1.